The number of rotatable bonds is 4. The molecule has 180 valence electrons. The standard InChI is InChI=1S/C28H30N4O3/c33-25-8-4-3-7-24(25)32-18-30-27-22-6-2-1-5-21(22)20(16-23(27)28(32)34)15-19-9-10-26(29-17-19)31-11-13-35-14-12-31/h1-2,5-6,9-10,16-18,24-25,33H,3-4,7-8,11-15H2/t24-,25-/m0/s1. The van der Waals surface area contributed by atoms with E-state index in [4.69, 9.17) is 14.7 Å². The average Bonchev–Trinajstić information content (AvgIpc) is 2.91. The number of morpholine rings is 1. The molecule has 1 saturated heterocycles. The molecule has 1 aliphatic heterocycles. The van der Waals surface area contributed by atoms with Crippen LogP contribution in [-0.2, 0) is 11.2 Å². The first-order chi connectivity index (χ1) is 17.2. The molecule has 0 radical (unpaired) electrons. The minimum absolute atomic E-state index is 0.0752. The predicted molar refractivity (Wildman–Crippen MR) is 137 cm³/mol. The second-order valence-electron chi connectivity index (χ2n) is 9.65. The van der Waals surface area contributed by atoms with Gasteiger partial charge >= 0.3 is 0 Å². The smallest absolute Gasteiger partial charge is 0.261 e. The molecule has 0 unspecified atom stereocenters. The van der Waals surface area contributed by atoms with Gasteiger partial charge in [-0.1, -0.05) is 43.2 Å². The van der Waals surface area contributed by atoms with Crippen LogP contribution < -0.4 is 10.5 Å². The van der Waals surface area contributed by atoms with Crippen LogP contribution in [0, 0.1) is 0 Å². The van der Waals surface area contributed by atoms with Crippen LogP contribution in [0.15, 0.2) is 59.8 Å². The number of hydrogen-bond donors (Lipinski definition) is 1. The number of aliphatic hydroxyl groups is 1. The molecule has 7 heteroatoms. The first kappa shape index (κ1) is 22.2. The maximum absolute atomic E-state index is 13.6. The Morgan fingerprint density at radius 2 is 1.77 bits per heavy atom. The van der Waals surface area contributed by atoms with Gasteiger partial charge < -0.3 is 14.7 Å². The van der Waals surface area contributed by atoms with Gasteiger partial charge in [-0.3, -0.25) is 9.36 Å². The average molecular weight is 471 g/mol. The van der Waals surface area contributed by atoms with Gasteiger partial charge in [-0.05, 0) is 47.9 Å². The van der Waals surface area contributed by atoms with Crippen molar-refractivity contribution in [2.24, 2.45) is 0 Å². The second-order valence-corrected chi connectivity index (χ2v) is 9.65. The maximum atomic E-state index is 13.6. The van der Waals surface area contributed by atoms with E-state index in [-0.39, 0.29) is 11.6 Å². The molecule has 2 fully saturated rings. The van der Waals surface area contributed by atoms with Crippen molar-refractivity contribution in [1.82, 2.24) is 14.5 Å². The summed E-state index contributed by atoms with van der Waals surface area (Å²) in [4.78, 5) is 25.3. The van der Waals surface area contributed by atoms with Gasteiger partial charge in [0.15, 0.2) is 0 Å². The zero-order valence-electron chi connectivity index (χ0n) is 19.8. The zero-order valence-corrected chi connectivity index (χ0v) is 19.8. The van der Waals surface area contributed by atoms with Crippen molar-refractivity contribution in [1.29, 1.82) is 0 Å². The first-order valence-corrected chi connectivity index (χ1v) is 12.6. The van der Waals surface area contributed by atoms with Crippen LogP contribution in [0.2, 0.25) is 0 Å². The van der Waals surface area contributed by atoms with Crippen LogP contribution in [-0.4, -0.2) is 52.0 Å². The van der Waals surface area contributed by atoms with E-state index in [1.807, 2.05) is 30.5 Å². The highest BCUT2D eigenvalue weighted by atomic mass is 16.5. The lowest BCUT2D eigenvalue weighted by Gasteiger charge is -2.29. The maximum Gasteiger partial charge on any atom is 0.261 e. The number of ether oxygens (including phenoxy) is 1. The Labute approximate surface area is 204 Å². The molecular formula is C28H30N4O3. The van der Waals surface area contributed by atoms with Crippen LogP contribution in [0.25, 0.3) is 21.7 Å². The molecule has 6 rings (SSSR count). The molecule has 4 aromatic rings. The van der Waals surface area contributed by atoms with Gasteiger partial charge in [-0.15, -0.1) is 0 Å². The third kappa shape index (κ3) is 4.19. The largest absolute Gasteiger partial charge is 0.391 e. The van der Waals surface area contributed by atoms with Crippen molar-refractivity contribution in [2.45, 2.75) is 44.2 Å². The van der Waals surface area contributed by atoms with Crippen molar-refractivity contribution in [2.75, 3.05) is 31.2 Å². The van der Waals surface area contributed by atoms with Gasteiger partial charge in [0.1, 0.15) is 5.82 Å². The highest BCUT2D eigenvalue weighted by molar-refractivity contribution is 6.06. The van der Waals surface area contributed by atoms with Gasteiger partial charge in [-0.2, -0.15) is 0 Å². The summed E-state index contributed by atoms with van der Waals surface area (Å²) in [6.45, 7) is 3.18. The molecule has 0 spiro atoms. The number of anilines is 1. The Bertz CT molecular complexity index is 1410. The van der Waals surface area contributed by atoms with E-state index in [1.54, 1.807) is 10.9 Å². The Hall–Kier alpha value is -3.29. The van der Waals surface area contributed by atoms with Gasteiger partial charge in [0, 0.05) is 24.7 Å². The minimum atomic E-state index is -0.503. The summed E-state index contributed by atoms with van der Waals surface area (Å²) in [5.74, 6) is 0.971. The lowest BCUT2D eigenvalue weighted by atomic mass is 9.92. The number of aliphatic hydroxyl groups excluding tert-OH is 1. The summed E-state index contributed by atoms with van der Waals surface area (Å²) in [5.41, 5.74) is 2.82. The zero-order chi connectivity index (χ0) is 23.8. The van der Waals surface area contributed by atoms with E-state index in [1.165, 1.54) is 0 Å². The monoisotopic (exact) mass is 470 g/mol. The molecule has 2 aliphatic rings. The number of benzene rings is 2. The van der Waals surface area contributed by atoms with Crippen molar-refractivity contribution >= 4 is 27.5 Å². The van der Waals surface area contributed by atoms with Crippen molar-refractivity contribution < 1.29 is 9.84 Å². The third-order valence-electron chi connectivity index (χ3n) is 7.47. The van der Waals surface area contributed by atoms with E-state index in [2.05, 4.69) is 23.1 Å². The van der Waals surface area contributed by atoms with E-state index >= 15 is 0 Å². The molecule has 0 bridgehead atoms. The summed E-state index contributed by atoms with van der Waals surface area (Å²) in [6.07, 6.45) is 7.28. The molecule has 7 nitrogen and oxygen atoms in total. The quantitative estimate of drug-likeness (QED) is 0.457. The Morgan fingerprint density at radius 3 is 2.54 bits per heavy atom. The molecule has 1 aliphatic carbocycles. The van der Waals surface area contributed by atoms with Crippen LogP contribution >= 0.6 is 0 Å². The van der Waals surface area contributed by atoms with Gasteiger partial charge in [-0.25, -0.2) is 9.97 Å². The number of aromatic nitrogens is 3. The summed E-state index contributed by atoms with van der Waals surface area (Å²) in [6, 6.07) is 14.1. The summed E-state index contributed by atoms with van der Waals surface area (Å²) in [7, 11) is 0. The molecule has 1 N–H and O–H groups in total. The molecule has 0 amide bonds. The minimum Gasteiger partial charge on any atom is -0.391 e. The SMILES string of the molecule is O=c1c2cc(Cc3ccc(N4CCOCC4)nc3)c3ccccc3c2ncn1[C@H]1CCCC[C@@H]1O. The van der Waals surface area contributed by atoms with E-state index in [9.17, 15) is 9.90 Å². The molecular weight excluding hydrogens is 440 g/mol. The van der Waals surface area contributed by atoms with Crippen molar-refractivity contribution in [3.63, 3.8) is 0 Å². The first-order valence-electron chi connectivity index (χ1n) is 12.6. The van der Waals surface area contributed by atoms with E-state index < -0.39 is 6.10 Å². The highest BCUT2D eigenvalue weighted by Gasteiger charge is 2.26. The lowest BCUT2D eigenvalue weighted by Crippen LogP contribution is -2.36. The van der Waals surface area contributed by atoms with Crippen LogP contribution in [0.4, 0.5) is 5.82 Å². The van der Waals surface area contributed by atoms with Gasteiger partial charge in [0.05, 0.1) is 42.6 Å². The summed E-state index contributed by atoms with van der Waals surface area (Å²) in [5, 5.41) is 13.2. The summed E-state index contributed by atoms with van der Waals surface area (Å²) < 4.78 is 7.10. The fraction of sp³-hybridized carbons (Fsp3) is 0.393. The lowest BCUT2D eigenvalue weighted by molar-refractivity contribution is 0.0735. The van der Waals surface area contributed by atoms with E-state index in [0.29, 0.717) is 11.8 Å². The fourth-order valence-electron chi connectivity index (χ4n) is 5.57. The van der Waals surface area contributed by atoms with Crippen LogP contribution in [0.3, 0.4) is 0 Å². The number of fused-ring (bicyclic) bond motifs is 3. The van der Waals surface area contributed by atoms with Gasteiger partial charge in [0.2, 0.25) is 0 Å². The molecule has 2 atom stereocenters. The molecule has 2 aromatic carbocycles. The number of hydrogen-bond acceptors (Lipinski definition) is 6. The fourth-order valence-corrected chi connectivity index (χ4v) is 5.57. The Morgan fingerprint density at radius 1 is 0.971 bits per heavy atom. The number of nitrogens with zero attached hydrogens (tertiary/aromatic N) is 4. The van der Waals surface area contributed by atoms with Crippen LogP contribution in [0.1, 0.15) is 42.9 Å². The van der Waals surface area contributed by atoms with Gasteiger partial charge in [0.25, 0.3) is 5.56 Å². The topological polar surface area (TPSA) is 80.5 Å². The summed E-state index contributed by atoms with van der Waals surface area (Å²) >= 11 is 0. The molecule has 3 heterocycles. The predicted octanol–water partition coefficient (Wildman–Crippen LogP) is 3.85. The second kappa shape index (κ2) is 9.40. The third-order valence-corrected chi connectivity index (χ3v) is 7.47. The molecule has 1 saturated carbocycles. The number of pyridine rings is 1. The Kier molecular flexibility index (Phi) is 5.96. The van der Waals surface area contributed by atoms with Crippen molar-refractivity contribution in [3.05, 3.63) is 76.5 Å². The normalized spacial score (nSPS) is 21.0. The molecule has 2 aromatic heterocycles. The molecule has 35 heavy (non-hydrogen) atoms. The van der Waals surface area contributed by atoms with E-state index in [0.717, 1.165) is 85.2 Å². The highest BCUT2D eigenvalue weighted by Crippen LogP contribution is 2.30. The Balaban J connectivity index is 1.40. The van der Waals surface area contributed by atoms with Crippen LogP contribution in [0.5, 0.6) is 0 Å². The van der Waals surface area contributed by atoms with Crippen molar-refractivity contribution in [3.8, 4) is 0 Å².